The van der Waals surface area contributed by atoms with Crippen molar-refractivity contribution in [2.75, 3.05) is 6.54 Å². The zero-order valence-corrected chi connectivity index (χ0v) is 16.2. The minimum Gasteiger partial charge on any atom is -0.489 e. The van der Waals surface area contributed by atoms with Gasteiger partial charge in [-0.3, -0.25) is 0 Å². The second-order valence-electron chi connectivity index (χ2n) is 7.75. The zero-order chi connectivity index (χ0) is 17.9. The number of rotatable bonds is 8. The lowest BCUT2D eigenvalue weighted by Crippen LogP contribution is -2.37. The van der Waals surface area contributed by atoms with Gasteiger partial charge in [0.05, 0.1) is 0 Å². The molecule has 3 nitrogen and oxygen atoms in total. The van der Waals surface area contributed by atoms with Crippen molar-refractivity contribution in [1.29, 1.82) is 0 Å². The molecule has 2 aromatic rings. The molecule has 0 spiro atoms. The minimum absolute atomic E-state index is 0.129. The van der Waals surface area contributed by atoms with E-state index in [0.29, 0.717) is 23.8 Å². The Morgan fingerprint density at radius 1 is 0.958 bits per heavy atom. The first-order valence-electron chi connectivity index (χ1n) is 9.21. The molecule has 0 saturated heterocycles. The van der Waals surface area contributed by atoms with Gasteiger partial charge in [0.15, 0.2) is 0 Å². The molecule has 1 heterocycles. The summed E-state index contributed by atoms with van der Waals surface area (Å²) >= 11 is 0. The number of ether oxygens (including phenoxy) is 1. The third kappa shape index (κ3) is 4.76. The quantitative estimate of drug-likeness (QED) is 0.684. The SMILES string of the molecule is CC(C)[C@H](C)NC[C@@H](C)Oc1ccc2oc([C@@H](C)C(C)C)cc2c1. The van der Waals surface area contributed by atoms with Gasteiger partial charge >= 0.3 is 0 Å². The minimum atomic E-state index is 0.129. The highest BCUT2D eigenvalue weighted by atomic mass is 16.5. The van der Waals surface area contributed by atoms with Gasteiger partial charge in [-0.2, -0.15) is 0 Å². The summed E-state index contributed by atoms with van der Waals surface area (Å²) in [4.78, 5) is 0. The molecule has 3 atom stereocenters. The van der Waals surface area contributed by atoms with Gasteiger partial charge in [-0.25, -0.2) is 0 Å². The Kier molecular flexibility index (Phi) is 6.34. The van der Waals surface area contributed by atoms with Crippen LogP contribution in [-0.2, 0) is 0 Å². The van der Waals surface area contributed by atoms with Crippen LogP contribution in [0.3, 0.4) is 0 Å². The topological polar surface area (TPSA) is 34.4 Å². The molecule has 0 amide bonds. The maximum atomic E-state index is 6.07. The molecule has 3 heteroatoms. The lowest BCUT2D eigenvalue weighted by molar-refractivity contribution is 0.208. The molecule has 1 N–H and O–H groups in total. The largest absolute Gasteiger partial charge is 0.489 e. The van der Waals surface area contributed by atoms with Crippen molar-refractivity contribution in [3.63, 3.8) is 0 Å². The first kappa shape index (κ1) is 18.9. The summed E-state index contributed by atoms with van der Waals surface area (Å²) in [5, 5.41) is 4.64. The van der Waals surface area contributed by atoms with E-state index in [1.807, 2.05) is 12.1 Å². The molecule has 2 rings (SSSR count). The monoisotopic (exact) mass is 331 g/mol. The van der Waals surface area contributed by atoms with Gasteiger partial charge in [0, 0.05) is 23.9 Å². The van der Waals surface area contributed by atoms with Crippen LogP contribution in [0, 0.1) is 11.8 Å². The Hall–Kier alpha value is -1.48. The molecule has 0 radical (unpaired) electrons. The third-order valence-electron chi connectivity index (χ3n) is 5.02. The van der Waals surface area contributed by atoms with Gasteiger partial charge in [-0.05, 0) is 49.9 Å². The van der Waals surface area contributed by atoms with E-state index >= 15 is 0 Å². The van der Waals surface area contributed by atoms with Gasteiger partial charge < -0.3 is 14.5 Å². The molecule has 1 aromatic carbocycles. The van der Waals surface area contributed by atoms with Crippen molar-refractivity contribution in [1.82, 2.24) is 5.32 Å². The molecule has 1 aromatic heterocycles. The number of furan rings is 1. The van der Waals surface area contributed by atoms with E-state index < -0.39 is 0 Å². The van der Waals surface area contributed by atoms with Gasteiger partial charge in [0.2, 0.25) is 0 Å². The predicted molar refractivity (Wildman–Crippen MR) is 102 cm³/mol. The molecule has 0 fully saturated rings. The normalized spacial score (nSPS) is 15.9. The van der Waals surface area contributed by atoms with Crippen LogP contribution in [0.5, 0.6) is 5.75 Å². The summed E-state index contributed by atoms with van der Waals surface area (Å²) in [6, 6.07) is 8.73. The number of hydrogen-bond acceptors (Lipinski definition) is 3. The van der Waals surface area contributed by atoms with Crippen LogP contribution in [0.2, 0.25) is 0 Å². The molecule has 0 aliphatic rings. The van der Waals surface area contributed by atoms with Crippen LogP contribution in [0.15, 0.2) is 28.7 Å². The van der Waals surface area contributed by atoms with Crippen molar-refractivity contribution in [3.8, 4) is 5.75 Å². The molecule has 0 bridgehead atoms. The summed E-state index contributed by atoms with van der Waals surface area (Å²) in [5.41, 5.74) is 0.934. The fourth-order valence-corrected chi connectivity index (χ4v) is 2.53. The first-order valence-corrected chi connectivity index (χ1v) is 9.21. The first-order chi connectivity index (χ1) is 11.3. The van der Waals surface area contributed by atoms with Crippen molar-refractivity contribution in [2.24, 2.45) is 11.8 Å². The summed E-state index contributed by atoms with van der Waals surface area (Å²) in [5.74, 6) is 3.56. The Morgan fingerprint density at radius 3 is 2.29 bits per heavy atom. The van der Waals surface area contributed by atoms with E-state index in [1.165, 1.54) is 0 Å². The Balaban J connectivity index is 2.02. The van der Waals surface area contributed by atoms with Crippen LogP contribution in [0.1, 0.15) is 60.1 Å². The van der Waals surface area contributed by atoms with Crippen molar-refractivity contribution < 1.29 is 9.15 Å². The molecule has 0 aliphatic carbocycles. The van der Waals surface area contributed by atoms with Gasteiger partial charge in [0.1, 0.15) is 23.2 Å². The average molecular weight is 332 g/mol. The Labute approximate surface area is 146 Å². The zero-order valence-electron chi connectivity index (χ0n) is 16.2. The maximum absolute atomic E-state index is 6.07. The number of hydrogen-bond donors (Lipinski definition) is 1. The lowest BCUT2D eigenvalue weighted by atomic mass is 9.95. The molecular formula is C21H33NO2. The van der Waals surface area contributed by atoms with Crippen molar-refractivity contribution in [3.05, 3.63) is 30.0 Å². The second kappa shape index (κ2) is 8.06. The number of benzene rings is 1. The Bertz CT molecular complexity index is 644. The third-order valence-corrected chi connectivity index (χ3v) is 5.02. The summed E-state index contributed by atoms with van der Waals surface area (Å²) in [6.45, 7) is 16.3. The van der Waals surface area contributed by atoms with Crippen LogP contribution >= 0.6 is 0 Å². The highest BCUT2D eigenvalue weighted by molar-refractivity contribution is 5.79. The van der Waals surface area contributed by atoms with E-state index in [2.05, 4.69) is 65.9 Å². The second-order valence-corrected chi connectivity index (χ2v) is 7.75. The van der Waals surface area contributed by atoms with E-state index in [9.17, 15) is 0 Å². The van der Waals surface area contributed by atoms with Crippen LogP contribution in [-0.4, -0.2) is 18.7 Å². The highest BCUT2D eigenvalue weighted by Gasteiger charge is 2.16. The molecular weight excluding hydrogens is 298 g/mol. The van der Waals surface area contributed by atoms with Crippen molar-refractivity contribution >= 4 is 11.0 Å². The number of nitrogens with one attached hydrogen (secondary N) is 1. The highest BCUT2D eigenvalue weighted by Crippen LogP contribution is 2.31. The van der Waals surface area contributed by atoms with Crippen LogP contribution < -0.4 is 10.1 Å². The molecule has 0 aliphatic heterocycles. The fourth-order valence-electron chi connectivity index (χ4n) is 2.53. The predicted octanol–water partition coefficient (Wildman–Crippen LogP) is 5.59. The standard InChI is InChI=1S/C21H33NO2/c1-13(2)16(6)21-11-18-10-19(8-9-20(18)24-21)23-15(5)12-22-17(7)14(3)4/h8-11,13-17,22H,12H2,1-7H3/t15-,16+,17+/m1/s1. The van der Waals surface area contributed by atoms with Gasteiger partial charge in [-0.15, -0.1) is 0 Å². The van der Waals surface area contributed by atoms with E-state index in [1.54, 1.807) is 0 Å². The molecule has 134 valence electrons. The van der Waals surface area contributed by atoms with Gasteiger partial charge in [0.25, 0.3) is 0 Å². The fraction of sp³-hybridized carbons (Fsp3) is 0.619. The average Bonchev–Trinajstić information content (AvgIpc) is 2.94. The summed E-state index contributed by atoms with van der Waals surface area (Å²) < 4.78 is 12.1. The van der Waals surface area contributed by atoms with Crippen molar-refractivity contribution in [2.45, 2.75) is 66.5 Å². The summed E-state index contributed by atoms with van der Waals surface area (Å²) in [6.07, 6.45) is 0.129. The maximum Gasteiger partial charge on any atom is 0.134 e. The molecule has 24 heavy (non-hydrogen) atoms. The van der Waals surface area contributed by atoms with E-state index in [0.717, 1.165) is 29.0 Å². The van der Waals surface area contributed by atoms with E-state index in [4.69, 9.17) is 9.15 Å². The van der Waals surface area contributed by atoms with Gasteiger partial charge in [-0.1, -0.05) is 34.6 Å². The van der Waals surface area contributed by atoms with Crippen LogP contribution in [0.4, 0.5) is 0 Å². The Morgan fingerprint density at radius 2 is 1.67 bits per heavy atom. The van der Waals surface area contributed by atoms with E-state index in [-0.39, 0.29) is 6.10 Å². The molecule has 0 saturated carbocycles. The summed E-state index contributed by atoms with van der Waals surface area (Å²) in [7, 11) is 0. The van der Waals surface area contributed by atoms with Crippen LogP contribution in [0.25, 0.3) is 11.0 Å². The lowest BCUT2D eigenvalue weighted by Gasteiger charge is -2.21. The smallest absolute Gasteiger partial charge is 0.134 e. The molecule has 0 unspecified atom stereocenters. The number of fused-ring (bicyclic) bond motifs is 1.